The van der Waals surface area contributed by atoms with Crippen LogP contribution in [0.1, 0.15) is 31.7 Å². The van der Waals surface area contributed by atoms with E-state index < -0.39 is 12.0 Å². The molecule has 0 spiro atoms. The summed E-state index contributed by atoms with van der Waals surface area (Å²) < 4.78 is 0. The fourth-order valence-electron chi connectivity index (χ4n) is 1.70. The number of carboxylic acid groups (broad SMARTS) is 1. The van der Waals surface area contributed by atoms with Gasteiger partial charge >= 0.3 is 5.97 Å². The summed E-state index contributed by atoms with van der Waals surface area (Å²) in [5.74, 6) is -1.27. The van der Waals surface area contributed by atoms with Gasteiger partial charge in [0.15, 0.2) is 0 Å². The molecular weight excluding hydrogens is 266 g/mol. The molecule has 1 rings (SSSR count). The Bertz CT molecular complexity index is 431. The molecule has 5 heteroatoms. The van der Waals surface area contributed by atoms with Gasteiger partial charge in [0, 0.05) is 5.02 Å². The Morgan fingerprint density at radius 3 is 2.47 bits per heavy atom. The molecule has 2 N–H and O–H groups in total. The molecule has 104 valence electrons. The number of hydrogen-bond donors (Lipinski definition) is 2. The van der Waals surface area contributed by atoms with Crippen LogP contribution in [0.2, 0.25) is 5.02 Å². The molecule has 4 nitrogen and oxygen atoms in total. The van der Waals surface area contributed by atoms with E-state index in [0.29, 0.717) is 11.4 Å². The molecule has 0 bridgehead atoms. The van der Waals surface area contributed by atoms with Crippen molar-refractivity contribution in [2.45, 2.75) is 38.6 Å². The normalized spacial score (nSPS) is 11.9. The van der Waals surface area contributed by atoms with E-state index >= 15 is 0 Å². The van der Waals surface area contributed by atoms with Crippen LogP contribution >= 0.6 is 11.6 Å². The van der Waals surface area contributed by atoms with Gasteiger partial charge in [-0.3, -0.25) is 4.79 Å². The van der Waals surface area contributed by atoms with Crippen molar-refractivity contribution in [2.24, 2.45) is 0 Å². The molecule has 0 saturated heterocycles. The minimum atomic E-state index is -0.988. The second-order valence-electron chi connectivity index (χ2n) is 4.40. The van der Waals surface area contributed by atoms with Crippen LogP contribution in [0.3, 0.4) is 0 Å². The fraction of sp³-hybridized carbons (Fsp3) is 0.429. The highest BCUT2D eigenvalue weighted by molar-refractivity contribution is 6.30. The van der Waals surface area contributed by atoms with Crippen molar-refractivity contribution in [1.82, 2.24) is 5.32 Å². The number of amides is 1. The largest absolute Gasteiger partial charge is 0.480 e. The van der Waals surface area contributed by atoms with Gasteiger partial charge in [-0.25, -0.2) is 4.79 Å². The van der Waals surface area contributed by atoms with Crippen molar-refractivity contribution in [2.75, 3.05) is 0 Å². The number of halogens is 1. The van der Waals surface area contributed by atoms with Gasteiger partial charge in [-0.05, 0) is 24.1 Å². The van der Waals surface area contributed by atoms with Crippen LogP contribution in [0.15, 0.2) is 24.3 Å². The lowest BCUT2D eigenvalue weighted by Gasteiger charge is -2.14. The van der Waals surface area contributed by atoms with Gasteiger partial charge in [-0.2, -0.15) is 0 Å². The first-order valence-electron chi connectivity index (χ1n) is 6.29. The Hall–Kier alpha value is -1.55. The second kappa shape index (κ2) is 7.79. The molecule has 0 fully saturated rings. The zero-order valence-corrected chi connectivity index (χ0v) is 11.6. The molecule has 1 aromatic carbocycles. The highest BCUT2D eigenvalue weighted by Crippen LogP contribution is 2.10. The number of carbonyl (C=O) groups excluding carboxylic acids is 1. The molecule has 0 aromatic heterocycles. The first kappa shape index (κ1) is 15.5. The van der Waals surface area contributed by atoms with Crippen molar-refractivity contribution >= 4 is 23.5 Å². The Balaban J connectivity index is 2.52. The van der Waals surface area contributed by atoms with Gasteiger partial charge in [-0.1, -0.05) is 43.5 Å². The SMILES string of the molecule is CCCCC(NC(=O)Cc1ccc(Cl)cc1)C(=O)O. The lowest BCUT2D eigenvalue weighted by molar-refractivity contribution is -0.142. The van der Waals surface area contributed by atoms with E-state index in [4.69, 9.17) is 16.7 Å². The third-order valence-corrected chi connectivity index (χ3v) is 3.01. The molecule has 0 aliphatic rings. The summed E-state index contributed by atoms with van der Waals surface area (Å²) in [6, 6.07) is 6.11. The van der Waals surface area contributed by atoms with Crippen LogP contribution in [0.4, 0.5) is 0 Å². The van der Waals surface area contributed by atoms with Gasteiger partial charge in [0.1, 0.15) is 6.04 Å². The van der Waals surface area contributed by atoms with E-state index in [2.05, 4.69) is 5.32 Å². The fourth-order valence-corrected chi connectivity index (χ4v) is 1.82. The maximum atomic E-state index is 11.8. The van der Waals surface area contributed by atoms with E-state index in [1.807, 2.05) is 6.92 Å². The van der Waals surface area contributed by atoms with E-state index in [1.165, 1.54) is 0 Å². The van der Waals surface area contributed by atoms with Crippen molar-refractivity contribution < 1.29 is 14.7 Å². The standard InChI is InChI=1S/C14H18ClNO3/c1-2-3-4-12(14(18)19)16-13(17)9-10-5-7-11(15)8-6-10/h5-8,12H,2-4,9H2,1H3,(H,16,17)(H,18,19). The minimum Gasteiger partial charge on any atom is -0.480 e. The first-order valence-corrected chi connectivity index (χ1v) is 6.67. The average Bonchev–Trinajstić information content (AvgIpc) is 2.37. The van der Waals surface area contributed by atoms with Gasteiger partial charge in [0.05, 0.1) is 6.42 Å². The zero-order valence-electron chi connectivity index (χ0n) is 10.9. The Morgan fingerprint density at radius 1 is 1.32 bits per heavy atom. The third kappa shape index (κ3) is 5.75. The molecule has 19 heavy (non-hydrogen) atoms. The number of unbranched alkanes of at least 4 members (excludes halogenated alkanes) is 1. The van der Waals surface area contributed by atoms with Crippen molar-refractivity contribution in [3.63, 3.8) is 0 Å². The molecule has 1 amide bonds. The van der Waals surface area contributed by atoms with Crippen LogP contribution in [0.25, 0.3) is 0 Å². The van der Waals surface area contributed by atoms with Crippen molar-refractivity contribution in [3.8, 4) is 0 Å². The maximum Gasteiger partial charge on any atom is 0.326 e. The summed E-state index contributed by atoms with van der Waals surface area (Å²) in [5.41, 5.74) is 0.807. The minimum absolute atomic E-state index is 0.160. The Morgan fingerprint density at radius 2 is 1.95 bits per heavy atom. The smallest absolute Gasteiger partial charge is 0.326 e. The molecular formula is C14H18ClNO3. The Kier molecular flexibility index (Phi) is 6.36. The molecule has 0 aliphatic carbocycles. The van der Waals surface area contributed by atoms with Crippen LogP contribution in [-0.4, -0.2) is 23.0 Å². The number of nitrogens with one attached hydrogen (secondary N) is 1. The van der Waals surface area contributed by atoms with Crippen molar-refractivity contribution in [1.29, 1.82) is 0 Å². The number of hydrogen-bond acceptors (Lipinski definition) is 2. The topological polar surface area (TPSA) is 66.4 Å². The van der Waals surface area contributed by atoms with Crippen LogP contribution < -0.4 is 5.32 Å². The molecule has 0 radical (unpaired) electrons. The molecule has 0 heterocycles. The van der Waals surface area contributed by atoms with E-state index in [0.717, 1.165) is 18.4 Å². The van der Waals surface area contributed by atoms with Crippen LogP contribution in [-0.2, 0) is 16.0 Å². The molecule has 1 unspecified atom stereocenters. The highest BCUT2D eigenvalue weighted by atomic mass is 35.5. The van der Waals surface area contributed by atoms with E-state index in [1.54, 1.807) is 24.3 Å². The number of carboxylic acids is 1. The first-order chi connectivity index (χ1) is 9.02. The molecule has 1 aromatic rings. The number of aliphatic carboxylic acids is 1. The molecule has 0 aliphatic heterocycles. The van der Waals surface area contributed by atoms with Crippen molar-refractivity contribution in [3.05, 3.63) is 34.9 Å². The maximum absolute atomic E-state index is 11.8. The highest BCUT2D eigenvalue weighted by Gasteiger charge is 2.19. The molecule has 1 atom stereocenters. The predicted molar refractivity (Wildman–Crippen MR) is 74.2 cm³/mol. The number of carbonyl (C=O) groups is 2. The number of benzene rings is 1. The lowest BCUT2D eigenvalue weighted by atomic mass is 10.1. The van der Waals surface area contributed by atoms with Gasteiger partial charge in [0.25, 0.3) is 0 Å². The third-order valence-electron chi connectivity index (χ3n) is 2.76. The molecule has 0 saturated carbocycles. The van der Waals surface area contributed by atoms with E-state index in [9.17, 15) is 9.59 Å². The van der Waals surface area contributed by atoms with E-state index in [-0.39, 0.29) is 12.3 Å². The van der Waals surface area contributed by atoms with Gasteiger partial charge < -0.3 is 10.4 Å². The Labute approximate surface area is 117 Å². The van der Waals surface area contributed by atoms with Crippen LogP contribution in [0.5, 0.6) is 0 Å². The summed E-state index contributed by atoms with van der Waals surface area (Å²) in [5, 5.41) is 12.2. The second-order valence-corrected chi connectivity index (χ2v) is 4.84. The predicted octanol–water partition coefficient (Wildman–Crippen LogP) is 2.64. The van der Waals surface area contributed by atoms with Gasteiger partial charge in [0.2, 0.25) is 5.91 Å². The van der Waals surface area contributed by atoms with Gasteiger partial charge in [-0.15, -0.1) is 0 Å². The van der Waals surface area contributed by atoms with Crippen LogP contribution in [0, 0.1) is 0 Å². The summed E-state index contributed by atoms with van der Waals surface area (Å²) in [6.07, 6.45) is 2.29. The summed E-state index contributed by atoms with van der Waals surface area (Å²) in [6.45, 7) is 1.98. The summed E-state index contributed by atoms with van der Waals surface area (Å²) in [4.78, 5) is 22.8. The lowest BCUT2D eigenvalue weighted by Crippen LogP contribution is -2.41. The number of rotatable bonds is 7. The summed E-state index contributed by atoms with van der Waals surface area (Å²) in [7, 11) is 0. The average molecular weight is 284 g/mol. The monoisotopic (exact) mass is 283 g/mol. The summed E-state index contributed by atoms with van der Waals surface area (Å²) >= 11 is 5.75. The zero-order chi connectivity index (χ0) is 14.3. The quantitative estimate of drug-likeness (QED) is 0.808.